The van der Waals surface area contributed by atoms with Crippen molar-refractivity contribution < 1.29 is 43.2 Å². The van der Waals surface area contributed by atoms with Crippen molar-refractivity contribution in [1.29, 1.82) is 0 Å². The second-order valence-corrected chi connectivity index (χ2v) is 12.0. The summed E-state index contributed by atoms with van der Waals surface area (Å²) in [5.74, 6) is 0.840. The van der Waals surface area contributed by atoms with E-state index in [-0.39, 0.29) is 44.6 Å². The van der Waals surface area contributed by atoms with Crippen LogP contribution in [0.25, 0.3) is 0 Å². The van der Waals surface area contributed by atoms with Crippen LogP contribution in [0.4, 0.5) is 5.69 Å². The van der Waals surface area contributed by atoms with E-state index in [1.54, 1.807) is 41.3 Å². The summed E-state index contributed by atoms with van der Waals surface area (Å²) in [5, 5.41) is 9.99. The number of carbonyl (C=O) groups excluding carboxylic acids is 8. The number of para-hydroxylation sites is 1. The molecule has 2 heterocycles. The minimum absolute atomic E-state index is 0.0300. The number of hydroxylamine groups is 2. The van der Waals surface area contributed by atoms with Gasteiger partial charge in [0.15, 0.2) is 0 Å². The van der Waals surface area contributed by atoms with Crippen LogP contribution in [0, 0.1) is 11.8 Å². The Balaban J connectivity index is 1.07. The predicted octanol–water partition coefficient (Wildman–Crippen LogP) is 0.397. The largest absolute Gasteiger partial charge is 0.352 e. The van der Waals surface area contributed by atoms with Gasteiger partial charge >= 0.3 is 5.97 Å². The molecule has 1 atom stereocenters. The number of hydrogen-bond donors (Lipinski definition) is 4. The number of imide groups is 1. The maximum absolute atomic E-state index is 13.4. The Morgan fingerprint density at radius 2 is 1.30 bits per heavy atom. The first-order chi connectivity index (χ1) is 25.6. The fraction of sp³-hybridized carbons (Fsp3) is 0.263. The average molecular weight is 721 g/mol. The van der Waals surface area contributed by atoms with Gasteiger partial charge in [0.2, 0.25) is 29.5 Å². The van der Waals surface area contributed by atoms with Gasteiger partial charge in [-0.05, 0) is 29.3 Å². The van der Waals surface area contributed by atoms with Crippen molar-refractivity contribution in [3.05, 3.63) is 101 Å². The third-order valence-corrected chi connectivity index (χ3v) is 8.17. The van der Waals surface area contributed by atoms with Crippen LogP contribution in [0.2, 0.25) is 0 Å². The Kier molecular flexibility index (Phi) is 12.6. The van der Waals surface area contributed by atoms with E-state index in [1.165, 1.54) is 0 Å². The van der Waals surface area contributed by atoms with Crippen LogP contribution in [-0.2, 0) is 56.2 Å². The molecule has 53 heavy (non-hydrogen) atoms. The van der Waals surface area contributed by atoms with Gasteiger partial charge in [0.25, 0.3) is 11.8 Å². The van der Waals surface area contributed by atoms with E-state index in [9.17, 15) is 38.4 Å². The molecule has 1 fully saturated rings. The maximum Gasteiger partial charge on any atom is 0.352 e. The van der Waals surface area contributed by atoms with Crippen LogP contribution in [0.5, 0.6) is 0 Å². The summed E-state index contributed by atoms with van der Waals surface area (Å²) in [6.07, 6.45) is -0.462. The van der Waals surface area contributed by atoms with Crippen LogP contribution in [-0.4, -0.2) is 78.1 Å². The number of amides is 7. The van der Waals surface area contributed by atoms with Gasteiger partial charge < -0.3 is 31.0 Å². The third kappa shape index (κ3) is 10.6. The first kappa shape index (κ1) is 37.4. The summed E-state index contributed by atoms with van der Waals surface area (Å²) < 4.78 is 0. The lowest BCUT2D eigenvalue weighted by Crippen LogP contribution is -2.52. The van der Waals surface area contributed by atoms with E-state index in [4.69, 9.17) is 4.84 Å². The van der Waals surface area contributed by atoms with Crippen LogP contribution in [0.3, 0.4) is 0 Å². The Morgan fingerprint density at radius 3 is 2.06 bits per heavy atom. The second kappa shape index (κ2) is 17.9. The summed E-state index contributed by atoms with van der Waals surface area (Å²) in [6, 6.07) is 22.3. The first-order valence-electron chi connectivity index (χ1n) is 16.8. The third-order valence-electron chi connectivity index (χ3n) is 8.17. The molecule has 15 heteroatoms. The predicted molar refractivity (Wildman–Crippen MR) is 188 cm³/mol. The van der Waals surface area contributed by atoms with E-state index in [0.717, 1.165) is 11.1 Å². The highest BCUT2D eigenvalue weighted by Crippen LogP contribution is 2.26. The molecule has 3 aromatic carbocycles. The quantitative estimate of drug-likeness (QED) is 0.134. The maximum atomic E-state index is 13.4. The van der Waals surface area contributed by atoms with E-state index < -0.39 is 67.1 Å². The Labute approximate surface area is 304 Å². The highest BCUT2D eigenvalue weighted by Gasteiger charge is 2.33. The molecule has 0 aromatic heterocycles. The Morgan fingerprint density at radius 1 is 0.679 bits per heavy atom. The molecule has 0 aliphatic carbocycles. The van der Waals surface area contributed by atoms with Gasteiger partial charge in [0, 0.05) is 43.2 Å². The normalized spacial score (nSPS) is 13.5. The standard InChI is InChI=1S/C38H36N6O9/c45-31(16-17-34(48)43-24-28-12-5-4-10-26(28)14-15-27-11-6-7-13-30(27)43)39-21-32(46)40-22-33(47)42-29(20-25-8-2-1-3-9-25)38(52)41-23-37(51)53-44-35(49)18-19-36(44)50/h1-13,29H,16-24H2,(H,39,45)(H,40,46)(H,41,52)(H,42,47)/t29-/m0/s1. The van der Waals surface area contributed by atoms with Crippen molar-refractivity contribution in [3.8, 4) is 11.8 Å². The number of fused-ring (bicyclic) bond motifs is 2. The van der Waals surface area contributed by atoms with Gasteiger partial charge in [-0.25, -0.2) is 4.79 Å². The SMILES string of the molecule is O=C(CCC(=O)N1Cc2ccccc2C#Cc2ccccc21)NCC(=O)NCC(=O)N[C@@H](Cc1ccccc1)C(=O)NCC(=O)ON1C(=O)CCC1=O. The lowest BCUT2D eigenvalue weighted by Gasteiger charge is -2.26. The minimum atomic E-state index is -1.18. The van der Waals surface area contributed by atoms with E-state index in [1.807, 2.05) is 42.5 Å². The summed E-state index contributed by atoms with van der Waals surface area (Å²) in [7, 11) is 0. The molecule has 4 N–H and O–H groups in total. The molecule has 7 amide bonds. The molecule has 0 spiro atoms. The van der Waals surface area contributed by atoms with Crippen LogP contribution in [0.15, 0.2) is 78.9 Å². The molecule has 0 saturated carbocycles. The summed E-state index contributed by atoms with van der Waals surface area (Å²) >= 11 is 0. The number of rotatable bonds is 14. The smallest absolute Gasteiger partial charge is 0.347 e. The van der Waals surface area contributed by atoms with Crippen molar-refractivity contribution >= 4 is 53.0 Å². The van der Waals surface area contributed by atoms with Crippen molar-refractivity contribution in [1.82, 2.24) is 26.3 Å². The zero-order valence-electron chi connectivity index (χ0n) is 28.5. The molecule has 15 nitrogen and oxygen atoms in total. The van der Waals surface area contributed by atoms with Crippen molar-refractivity contribution in [2.45, 2.75) is 44.7 Å². The molecule has 5 rings (SSSR count). The minimum Gasteiger partial charge on any atom is -0.347 e. The van der Waals surface area contributed by atoms with E-state index in [2.05, 4.69) is 33.1 Å². The summed E-state index contributed by atoms with van der Waals surface area (Å²) in [5.41, 5.74) is 3.68. The highest BCUT2D eigenvalue weighted by molar-refractivity contribution is 6.02. The van der Waals surface area contributed by atoms with Gasteiger partial charge in [-0.2, -0.15) is 0 Å². The molecule has 0 unspecified atom stereocenters. The monoisotopic (exact) mass is 720 g/mol. The molecule has 2 aliphatic heterocycles. The topological polar surface area (TPSA) is 200 Å². The molecule has 2 aliphatic rings. The molecule has 272 valence electrons. The number of hydrogen-bond acceptors (Lipinski definition) is 9. The van der Waals surface area contributed by atoms with E-state index in [0.29, 0.717) is 21.9 Å². The van der Waals surface area contributed by atoms with Crippen LogP contribution < -0.4 is 26.2 Å². The molecular weight excluding hydrogens is 684 g/mol. The average Bonchev–Trinajstić information content (AvgIpc) is 3.47. The van der Waals surface area contributed by atoms with Crippen LogP contribution in [0.1, 0.15) is 47.9 Å². The Hall–Kier alpha value is -6.82. The lowest BCUT2D eigenvalue weighted by atomic mass is 10.0. The van der Waals surface area contributed by atoms with Gasteiger partial charge in [0.1, 0.15) is 12.6 Å². The van der Waals surface area contributed by atoms with Gasteiger partial charge in [-0.3, -0.25) is 33.6 Å². The fourth-order valence-corrected chi connectivity index (χ4v) is 5.45. The highest BCUT2D eigenvalue weighted by atomic mass is 16.7. The molecule has 0 bridgehead atoms. The lowest BCUT2D eigenvalue weighted by molar-refractivity contribution is -0.196. The number of nitrogens with one attached hydrogen (secondary N) is 4. The molecule has 0 radical (unpaired) electrons. The zero-order valence-corrected chi connectivity index (χ0v) is 28.5. The van der Waals surface area contributed by atoms with Gasteiger partial charge in [-0.1, -0.05) is 72.5 Å². The van der Waals surface area contributed by atoms with Gasteiger partial charge in [-0.15, -0.1) is 5.06 Å². The number of benzene rings is 3. The summed E-state index contributed by atoms with van der Waals surface area (Å²) in [6.45, 7) is -1.41. The van der Waals surface area contributed by atoms with Crippen molar-refractivity contribution in [2.75, 3.05) is 24.5 Å². The number of anilines is 1. The summed E-state index contributed by atoms with van der Waals surface area (Å²) in [4.78, 5) is 106. The van der Waals surface area contributed by atoms with E-state index >= 15 is 0 Å². The number of carbonyl (C=O) groups is 8. The van der Waals surface area contributed by atoms with Crippen molar-refractivity contribution in [2.24, 2.45) is 0 Å². The molecule has 1 saturated heterocycles. The molecule has 3 aromatic rings. The fourth-order valence-electron chi connectivity index (χ4n) is 5.45. The zero-order chi connectivity index (χ0) is 37.7. The van der Waals surface area contributed by atoms with Crippen LogP contribution >= 0.6 is 0 Å². The number of nitrogens with zero attached hydrogens (tertiary/aromatic N) is 2. The second-order valence-electron chi connectivity index (χ2n) is 12.0. The molecular formula is C38H36N6O9. The Bertz CT molecular complexity index is 1970. The van der Waals surface area contributed by atoms with Gasteiger partial charge in [0.05, 0.1) is 25.3 Å². The first-order valence-corrected chi connectivity index (χ1v) is 16.8. The van der Waals surface area contributed by atoms with Crippen molar-refractivity contribution in [3.63, 3.8) is 0 Å².